The van der Waals surface area contributed by atoms with Gasteiger partial charge in [-0.05, 0) is 19.1 Å². The maximum atomic E-state index is 10.9. The molecule has 0 fully saturated rings. The molecule has 0 spiro atoms. The summed E-state index contributed by atoms with van der Waals surface area (Å²) in [6, 6.07) is 7.46. The summed E-state index contributed by atoms with van der Waals surface area (Å²) in [6.07, 6.45) is 4.48. The molecule has 5 heterocycles. The molecule has 1 aliphatic rings. The van der Waals surface area contributed by atoms with Gasteiger partial charge in [-0.25, -0.2) is 4.98 Å². The van der Waals surface area contributed by atoms with Gasteiger partial charge in [0.15, 0.2) is 12.0 Å². The standard InChI is InChI=1S/C22H22N6O4/c1-13-6-15(26-32-13)10-27-11-16(9-24-27)28-12-19-17(22(28)29)4-5-18(25-19)14-7-20(30-2)21(31-3)23-8-14/h4-9,11,22,29H,10,12H2,1-3H3. The van der Waals surface area contributed by atoms with Gasteiger partial charge < -0.3 is 24.0 Å². The van der Waals surface area contributed by atoms with Crippen LogP contribution < -0.4 is 14.4 Å². The number of ether oxygens (including phenoxy) is 2. The largest absolute Gasteiger partial charge is 0.491 e. The first-order chi connectivity index (χ1) is 15.6. The van der Waals surface area contributed by atoms with Crippen LogP contribution in [0.15, 0.2) is 47.4 Å². The Balaban J connectivity index is 1.38. The van der Waals surface area contributed by atoms with E-state index in [9.17, 15) is 5.11 Å². The first kappa shape index (κ1) is 20.0. The van der Waals surface area contributed by atoms with E-state index >= 15 is 0 Å². The van der Waals surface area contributed by atoms with Crippen molar-refractivity contribution in [2.75, 3.05) is 19.1 Å². The summed E-state index contributed by atoms with van der Waals surface area (Å²) in [5.41, 5.74) is 4.69. The number of hydrogen-bond acceptors (Lipinski definition) is 9. The lowest BCUT2D eigenvalue weighted by molar-refractivity contribution is 0.181. The molecule has 0 amide bonds. The van der Waals surface area contributed by atoms with Crippen molar-refractivity contribution in [1.82, 2.24) is 24.9 Å². The predicted octanol–water partition coefficient (Wildman–Crippen LogP) is 2.71. The van der Waals surface area contributed by atoms with Gasteiger partial charge in [-0.1, -0.05) is 11.2 Å². The zero-order valence-electron chi connectivity index (χ0n) is 17.9. The van der Waals surface area contributed by atoms with Crippen molar-refractivity contribution in [3.8, 4) is 22.9 Å². The van der Waals surface area contributed by atoms with E-state index in [4.69, 9.17) is 19.0 Å². The van der Waals surface area contributed by atoms with Crippen LogP contribution in [-0.4, -0.2) is 44.2 Å². The summed E-state index contributed by atoms with van der Waals surface area (Å²) in [4.78, 5) is 10.9. The normalized spacial score (nSPS) is 15.1. The zero-order valence-corrected chi connectivity index (χ0v) is 17.9. The molecule has 1 atom stereocenters. The van der Waals surface area contributed by atoms with Gasteiger partial charge in [-0.15, -0.1) is 0 Å². The van der Waals surface area contributed by atoms with Crippen LogP contribution in [0.5, 0.6) is 11.6 Å². The Bertz CT molecular complexity index is 1270. The highest BCUT2D eigenvalue weighted by molar-refractivity contribution is 5.63. The van der Waals surface area contributed by atoms with Crippen LogP contribution in [0.25, 0.3) is 11.3 Å². The summed E-state index contributed by atoms with van der Waals surface area (Å²) in [7, 11) is 3.11. The summed E-state index contributed by atoms with van der Waals surface area (Å²) in [5, 5.41) is 19.3. The van der Waals surface area contributed by atoms with Crippen molar-refractivity contribution < 1.29 is 19.1 Å². The third-order valence-corrected chi connectivity index (χ3v) is 5.38. The average molecular weight is 434 g/mol. The minimum Gasteiger partial charge on any atom is -0.491 e. The number of methoxy groups -OCH3 is 2. The van der Waals surface area contributed by atoms with E-state index in [1.165, 1.54) is 0 Å². The molecule has 10 nitrogen and oxygen atoms in total. The van der Waals surface area contributed by atoms with Gasteiger partial charge in [-0.3, -0.25) is 9.67 Å². The van der Waals surface area contributed by atoms with Crippen molar-refractivity contribution in [3.63, 3.8) is 0 Å². The van der Waals surface area contributed by atoms with E-state index in [0.717, 1.165) is 39.7 Å². The number of aryl methyl sites for hydroxylation is 1. The summed E-state index contributed by atoms with van der Waals surface area (Å²) < 4.78 is 17.4. The number of pyridine rings is 2. The minimum absolute atomic E-state index is 0.414. The van der Waals surface area contributed by atoms with Crippen LogP contribution in [0.4, 0.5) is 5.69 Å². The van der Waals surface area contributed by atoms with Gasteiger partial charge >= 0.3 is 0 Å². The second kappa shape index (κ2) is 7.97. The molecular formula is C22H22N6O4. The SMILES string of the molecule is COc1cc(-c2ccc3c(n2)CN(c2cnn(Cc4cc(C)on4)c2)C3O)cnc1OC. The quantitative estimate of drug-likeness (QED) is 0.489. The molecule has 0 aromatic carbocycles. The lowest BCUT2D eigenvalue weighted by Crippen LogP contribution is -2.20. The van der Waals surface area contributed by atoms with Gasteiger partial charge in [-0.2, -0.15) is 5.10 Å². The molecule has 0 bridgehead atoms. The summed E-state index contributed by atoms with van der Waals surface area (Å²) in [5.74, 6) is 1.70. The molecule has 0 aliphatic carbocycles. The second-order valence-corrected chi connectivity index (χ2v) is 7.49. The molecule has 4 aromatic heterocycles. The highest BCUT2D eigenvalue weighted by Crippen LogP contribution is 2.37. The second-order valence-electron chi connectivity index (χ2n) is 7.49. The van der Waals surface area contributed by atoms with Crippen molar-refractivity contribution in [1.29, 1.82) is 0 Å². The average Bonchev–Trinajstić information content (AvgIpc) is 3.52. The number of aromatic nitrogens is 5. The monoisotopic (exact) mass is 434 g/mol. The molecule has 164 valence electrons. The molecule has 10 heteroatoms. The molecule has 1 N–H and O–H groups in total. The zero-order chi connectivity index (χ0) is 22.2. The van der Waals surface area contributed by atoms with E-state index in [1.807, 2.05) is 42.3 Å². The van der Waals surface area contributed by atoms with Crippen LogP contribution in [0, 0.1) is 6.92 Å². The Labute approximate surface area is 184 Å². The first-order valence-corrected chi connectivity index (χ1v) is 10.0. The number of aliphatic hydroxyl groups excluding tert-OH is 1. The van der Waals surface area contributed by atoms with Crippen LogP contribution in [0.2, 0.25) is 0 Å². The fourth-order valence-corrected chi connectivity index (χ4v) is 3.80. The van der Waals surface area contributed by atoms with Crippen molar-refractivity contribution in [2.24, 2.45) is 0 Å². The van der Waals surface area contributed by atoms with Crippen molar-refractivity contribution in [2.45, 2.75) is 26.2 Å². The number of nitrogens with zero attached hydrogens (tertiary/aromatic N) is 6. The Morgan fingerprint density at radius 3 is 2.81 bits per heavy atom. The molecule has 0 radical (unpaired) electrons. The van der Waals surface area contributed by atoms with Gasteiger partial charge in [0.2, 0.25) is 0 Å². The molecule has 5 rings (SSSR count). The molecule has 4 aromatic rings. The Morgan fingerprint density at radius 1 is 1.19 bits per heavy atom. The van der Waals surface area contributed by atoms with Crippen LogP contribution >= 0.6 is 0 Å². The maximum absolute atomic E-state index is 10.9. The molecule has 1 aliphatic heterocycles. The number of fused-ring (bicyclic) bond motifs is 1. The van der Waals surface area contributed by atoms with Crippen molar-refractivity contribution >= 4 is 5.69 Å². The maximum Gasteiger partial charge on any atom is 0.256 e. The number of rotatable bonds is 6. The highest BCUT2D eigenvalue weighted by atomic mass is 16.5. The summed E-state index contributed by atoms with van der Waals surface area (Å²) in [6.45, 7) is 2.80. The molecule has 0 saturated heterocycles. The molecule has 0 saturated carbocycles. The molecule has 1 unspecified atom stereocenters. The van der Waals surface area contributed by atoms with Crippen molar-refractivity contribution in [3.05, 3.63) is 65.6 Å². The minimum atomic E-state index is -0.804. The Kier molecular flexibility index (Phi) is 4.98. The van der Waals surface area contributed by atoms with E-state index in [-0.39, 0.29) is 0 Å². The summed E-state index contributed by atoms with van der Waals surface area (Å²) >= 11 is 0. The topological polar surface area (TPSA) is 112 Å². The third-order valence-electron chi connectivity index (χ3n) is 5.38. The van der Waals surface area contributed by atoms with E-state index in [2.05, 4.69) is 15.2 Å². The van der Waals surface area contributed by atoms with Crippen LogP contribution in [0.3, 0.4) is 0 Å². The lowest BCUT2D eigenvalue weighted by atomic mass is 10.1. The van der Waals surface area contributed by atoms with Gasteiger partial charge in [0.05, 0.1) is 50.6 Å². The number of hydrogen-bond donors (Lipinski definition) is 1. The van der Waals surface area contributed by atoms with Crippen LogP contribution in [0.1, 0.15) is 28.9 Å². The van der Waals surface area contributed by atoms with E-state index in [1.54, 1.807) is 31.3 Å². The first-order valence-electron chi connectivity index (χ1n) is 10.0. The number of aliphatic hydroxyl groups is 1. The Morgan fingerprint density at radius 2 is 2.06 bits per heavy atom. The van der Waals surface area contributed by atoms with Gasteiger partial charge in [0.1, 0.15) is 11.5 Å². The number of anilines is 1. The highest BCUT2D eigenvalue weighted by Gasteiger charge is 2.31. The Hall–Kier alpha value is -3.92. The third kappa shape index (κ3) is 3.54. The van der Waals surface area contributed by atoms with Gasteiger partial charge in [0.25, 0.3) is 5.88 Å². The predicted molar refractivity (Wildman–Crippen MR) is 114 cm³/mol. The van der Waals surface area contributed by atoms with E-state index < -0.39 is 6.23 Å². The molecular weight excluding hydrogens is 412 g/mol. The fourth-order valence-electron chi connectivity index (χ4n) is 3.80. The van der Waals surface area contributed by atoms with Gasteiger partial charge in [0, 0.05) is 29.6 Å². The van der Waals surface area contributed by atoms with Crippen LogP contribution in [-0.2, 0) is 13.1 Å². The smallest absolute Gasteiger partial charge is 0.256 e. The van der Waals surface area contributed by atoms with E-state index in [0.29, 0.717) is 24.7 Å². The fraction of sp³-hybridized carbons (Fsp3) is 0.273. The lowest BCUT2D eigenvalue weighted by Gasteiger charge is -2.20. The molecule has 32 heavy (non-hydrogen) atoms.